The second kappa shape index (κ2) is 6.98. The van der Waals surface area contributed by atoms with E-state index < -0.39 is 0 Å². The molecule has 1 aromatic heterocycles. The molecule has 0 bridgehead atoms. The van der Waals surface area contributed by atoms with Crippen molar-refractivity contribution < 1.29 is 9.59 Å². The van der Waals surface area contributed by atoms with Crippen molar-refractivity contribution in [3.05, 3.63) is 15.9 Å². The van der Waals surface area contributed by atoms with E-state index in [4.69, 9.17) is 0 Å². The lowest BCUT2D eigenvalue weighted by Gasteiger charge is -2.44. The second-order valence-corrected chi connectivity index (χ2v) is 8.07. The van der Waals surface area contributed by atoms with Crippen molar-refractivity contribution >= 4 is 27.6 Å². The highest BCUT2D eigenvalue weighted by Gasteiger charge is 2.41. The molecule has 0 unspecified atom stereocenters. The number of amides is 1. The maximum atomic E-state index is 13.0. The van der Waals surface area contributed by atoms with E-state index in [0.717, 1.165) is 41.5 Å². The van der Waals surface area contributed by atoms with E-state index in [0.29, 0.717) is 25.3 Å². The molecule has 2 heterocycles. The average Bonchev–Trinajstić information content (AvgIpc) is 2.82. The average molecular weight is 396 g/mol. The summed E-state index contributed by atoms with van der Waals surface area (Å²) in [4.78, 5) is 27.2. The topological polar surface area (TPSA) is 55.2 Å². The smallest absolute Gasteiger partial charge is 0.227 e. The minimum atomic E-state index is -0.134. The zero-order valence-corrected chi connectivity index (χ0v) is 16.3. The number of carbonyl (C=O) groups excluding carboxylic acids is 2. The molecule has 1 saturated heterocycles. The van der Waals surface area contributed by atoms with Crippen LogP contribution in [-0.4, -0.2) is 39.0 Å². The van der Waals surface area contributed by atoms with E-state index in [-0.39, 0.29) is 23.8 Å². The normalized spacial score (nSPS) is 25.5. The molecule has 2 aliphatic rings. The van der Waals surface area contributed by atoms with Crippen LogP contribution >= 0.6 is 15.9 Å². The van der Waals surface area contributed by atoms with E-state index in [1.807, 2.05) is 30.4 Å². The van der Waals surface area contributed by atoms with Crippen molar-refractivity contribution in [2.24, 2.45) is 11.8 Å². The summed E-state index contributed by atoms with van der Waals surface area (Å²) in [6.07, 6.45) is 4.68. The van der Waals surface area contributed by atoms with Gasteiger partial charge in [-0.2, -0.15) is 5.10 Å². The minimum Gasteiger partial charge on any atom is -0.338 e. The molecular weight excluding hydrogens is 370 g/mol. The predicted molar refractivity (Wildman–Crippen MR) is 95.6 cm³/mol. The van der Waals surface area contributed by atoms with Crippen molar-refractivity contribution in [3.8, 4) is 0 Å². The van der Waals surface area contributed by atoms with Crippen LogP contribution in [0.4, 0.5) is 0 Å². The molecule has 6 heteroatoms. The van der Waals surface area contributed by atoms with Gasteiger partial charge in [0.1, 0.15) is 5.78 Å². The number of likely N-dealkylation sites (tertiary alicyclic amines) is 1. The molecule has 1 aromatic rings. The first kappa shape index (κ1) is 17.6. The van der Waals surface area contributed by atoms with Crippen LogP contribution in [0.2, 0.25) is 0 Å². The van der Waals surface area contributed by atoms with Gasteiger partial charge in [-0.1, -0.05) is 19.8 Å². The molecule has 0 spiro atoms. The molecule has 1 aliphatic heterocycles. The van der Waals surface area contributed by atoms with Gasteiger partial charge in [0.25, 0.3) is 0 Å². The van der Waals surface area contributed by atoms with Gasteiger partial charge in [0.05, 0.1) is 22.6 Å². The molecule has 0 radical (unpaired) electrons. The Balaban J connectivity index is 1.72. The lowest BCUT2D eigenvalue weighted by molar-refractivity contribution is -0.146. The molecule has 3 rings (SSSR count). The number of ketones is 1. The second-order valence-electron chi connectivity index (χ2n) is 7.27. The SMILES string of the molecule is Cc1nn(C[C@H](C)C(=O)N2CCC(=O)[C@H]3CCCC[C@H]32)c(C)c1Br. The highest BCUT2D eigenvalue weighted by Crippen LogP contribution is 2.34. The lowest BCUT2D eigenvalue weighted by Crippen LogP contribution is -2.54. The monoisotopic (exact) mass is 395 g/mol. The van der Waals surface area contributed by atoms with Crippen LogP contribution in [0.25, 0.3) is 0 Å². The van der Waals surface area contributed by atoms with Gasteiger partial charge in [-0.05, 0) is 42.6 Å². The molecule has 2 fully saturated rings. The van der Waals surface area contributed by atoms with Gasteiger partial charge in [-0.25, -0.2) is 0 Å². The summed E-state index contributed by atoms with van der Waals surface area (Å²) in [5.41, 5.74) is 2.00. The summed E-state index contributed by atoms with van der Waals surface area (Å²) in [6, 6.07) is 0.127. The Morgan fingerprint density at radius 2 is 2.04 bits per heavy atom. The zero-order chi connectivity index (χ0) is 17.4. The zero-order valence-electron chi connectivity index (χ0n) is 14.7. The summed E-state index contributed by atoms with van der Waals surface area (Å²) in [7, 11) is 0. The van der Waals surface area contributed by atoms with E-state index >= 15 is 0 Å². The quantitative estimate of drug-likeness (QED) is 0.788. The first-order valence-corrected chi connectivity index (χ1v) is 9.72. The van der Waals surface area contributed by atoms with Gasteiger partial charge in [-0.3, -0.25) is 14.3 Å². The Hall–Kier alpha value is -1.17. The number of fused-ring (bicyclic) bond motifs is 1. The molecular formula is C18H26BrN3O2. The number of hydrogen-bond acceptors (Lipinski definition) is 3. The predicted octanol–water partition coefficient (Wildman–Crippen LogP) is 3.26. The van der Waals surface area contributed by atoms with Crippen molar-refractivity contribution in [1.82, 2.24) is 14.7 Å². The number of aryl methyl sites for hydroxylation is 1. The molecule has 132 valence electrons. The third-order valence-corrected chi connectivity index (χ3v) is 6.73. The van der Waals surface area contributed by atoms with Gasteiger partial charge in [0.15, 0.2) is 0 Å². The fraction of sp³-hybridized carbons (Fsp3) is 0.722. The third kappa shape index (κ3) is 3.17. The number of hydrogen-bond donors (Lipinski definition) is 0. The molecule has 0 N–H and O–H groups in total. The highest BCUT2D eigenvalue weighted by molar-refractivity contribution is 9.10. The van der Waals surface area contributed by atoms with Crippen molar-refractivity contribution in [2.75, 3.05) is 6.54 Å². The number of Topliss-reactive ketones (excluding diaryl/α,β-unsaturated/α-hetero) is 1. The first-order chi connectivity index (χ1) is 11.4. The largest absolute Gasteiger partial charge is 0.338 e. The number of carbonyl (C=O) groups is 2. The summed E-state index contributed by atoms with van der Waals surface area (Å²) < 4.78 is 2.92. The Bertz CT molecular complexity index is 655. The van der Waals surface area contributed by atoms with Crippen LogP contribution in [0.3, 0.4) is 0 Å². The Labute approximate surface area is 151 Å². The van der Waals surface area contributed by atoms with E-state index in [2.05, 4.69) is 21.0 Å². The van der Waals surface area contributed by atoms with Crippen LogP contribution in [0, 0.1) is 25.7 Å². The van der Waals surface area contributed by atoms with Gasteiger partial charge in [0, 0.05) is 30.6 Å². The van der Waals surface area contributed by atoms with E-state index in [1.165, 1.54) is 0 Å². The molecule has 1 amide bonds. The van der Waals surface area contributed by atoms with Gasteiger partial charge in [0.2, 0.25) is 5.91 Å². The van der Waals surface area contributed by atoms with Gasteiger partial charge < -0.3 is 4.90 Å². The summed E-state index contributed by atoms with van der Waals surface area (Å²) in [6.45, 7) is 7.12. The number of rotatable bonds is 3. The van der Waals surface area contributed by atoms with Gasteiger partial charge >= 0.3 is 0 Å². The van der Waals surface area contributed by atoms with E-state index in [9.17, 15) is 9.59 Å². The van der Waals surface area contributed by atoms with E-state index in [1.54, 1.807) is 0 Å². The molecule has 1 saturated carbocycles. The van der Waals surface area contributed by atoms with Gasteiger partial charge in [-0.15, -0.1) is 0 Å². The summed E-state index contributed by atoms with van der Waals surface area (Å²) >= 11 is 3.54. The summed E-state index contributed by atoms with van der Waals surface area (Å²) in [5.74, 6) is 0.471. The van der Waals surface area contributed by atoms with Crippen molar-refractivity contribution in [2.45, 2.75) is 65.5 Å². The molecule has 1 aliphatic carbocycles. The van der Waals surface area contributed by atoms with Crippen molar-refractivity contribution in [3.63, 3.8) is 0 Å². The lowest BCUT2D eigenvalue weighted by atomic mass is 9.77. The number of nitrogens with zero attached hydrogens (tertiary/aromatic N) is 3. The maximum Gasteiger partial charge on any atom is 0.227 e. The number of aromatic nitrogens is 2. The van der Waals surface area contributed by atoms with Crippen molar-refractivity contribution in [1.29, 1.82) is 0 Å². The molecule has 24 heavy (non-hydrogen) atoms. The van der Waals surface area contributed by atoms with Crippen LogP contribution in [0.5, 0.6) is 0 Å². The Kier molecular flexibility index (Phi) is 5.13. The molecule has 0 aromatic carbocycles. The van der Waals surface area contributed by atoms with Crippen LogP contribution in [0.1, 0.15) is 50.4 Å². The van der Waals surface area contributed by atoms with Crippen LogP contribution in [0.15, 0.2) is 4.47 Å². The third-order valence-electron chi connectivity index (χ3n) is 5.59. The van der Waals surface area contributed by atoms with Crippen LogP contribution in [-0.2, 0) is 16.1 Å². The minimum absolute atomic E-state index is 0.0754. The maximum absolute atomic E-state index is 13.0. The first-order valence-electron chi connectivity index (χ1n) is 8.93. The fourth-order valence-electron chi connectivity index (χ4n) is 4.19. The van der Waals surface area contributed by atoms with Crippen LogP contribution < -0.4 is 0 Å². The standard InChI is InChI=1S/C18H26BrN3O2/c1-11(10-22-13(3)17(19)12(2)20-22)18(24)21-9-8-16(23)14-6-4-5-7-15(14)21/h11,14-15H,4-10H2,1-3H3/t11-,14-,15+/m0/s1. The molecule has 5 nitrogen and oxygen atoms in total. The highest BCUT2D eigenvalue weighted by atomic mass is 79.9. The number of halogens is 1. The summed E-state index contributed by atoms with van der Waals surface area (Å²) in [5, 5.41) is 4.52. The fourth-order valence-corrected chi connectivity index (χ4v) is 4.47. The number of piperidine rings is 1. The Morgan fingerprint density at radius 1 is 1.33 bits per heavy atom. The molecule has 3 atom stereocenters. The Morgan fingerprint density at radius 3 is 2.71 bits per heavy atom.